The monoisotopic (exact) mass is 266 g/mol. The van der Waals surface area contributed by atoms with Gasteiger partial charge in [0.2, 0.25) is 5.28 Å². The molecule has 1 aromatic rings. The van der Waals surface area contributed by atoms with E-state index >= 15 is 0 Å². The van der Waals surface area contributed by atoms with Crippen molar-refractivity contribution in [2.75, 3.05) is 18.1 Å². The quantitative estimate of drug-likeness (QED) is 0.772. The van der Waals surface area contributed by atoms with Crippen LogP contribution in [0, 0.1) is 0 Å². The number of hydrogen-bond donors (Lipinski definition) is 1. The van der Waals surface area contributed by atoms with Gasteiger partial charge in [0.15, 0.2) is 0 Å². The largest absolute Gasteiger partial charge is 0.377 e. The maximum absolute atomic E-state index is 6.06. The molecule has 0 aromatic carbocycles. The van der Waals surface area contributed by atoms with Gasteiger partial charge in [0, 0.05) is 18.7 Å². The minimum atomic E-state index is 0.360. The molecule has 4 heterocycles. The van der Waals surface area contributed by atoms with Gasteiger partial charge in [-0.3, -0.25) is 0 Å². The van der Waals surface area contributed by atoms with E-state index in [0.717, 1.165) is 37.8 Å². The Morgan fingerprint density at radius 3 is 2.72 bits per heavy atom. The highest BCUT2D eigenvalue weighted by Crippen LogP contribution is 2.36. The maximum atomic E-state index is 6.06. The second-order valence-corrected chi connectivity index (χ2v) is 5.51. The number of morpholine rings is 1. The summed E-state index contributed by atoms with van der Waals surface area (Å²) in [6.45, 7) is 3.25. The summed E-state index contributed by atoms with van der Waals surface area (Å²) in [5.41, 5.74) is 2.27. The molecule has 4 rings (SSSR count). The predicted molar refractivity (Wildman–Crippen MR) is 67.7 cm³/mol. The molecule has 2 atom stereocenters. The van der Waals surface area contributed by atoms with Crippen LogP contribution in [0.1, 0.15) is 24.1 Å². The minimum Gasteiger partial charge on any atom is -0.377 e. The molecule has 2 bridgehead atoms. The average molecular weight is 267 g/mol. The molecule has 1 N–H and O–H groups in total. The van der Waals surface area contributed by atoms with Gasteiger partial charge in [0.25, 0.3) is 0 Å². The van der Waals surface area contributed by atoms with Gasteiger partial charge < -0.3 is 15.0 Å². The third-order valence-electron chi connectivity index (χ3n) is 4.12. The summed E-state index contributed by atoms with van der Waals surface area (Å²) >= 11 is 6.06. The zero-order chi connectivity index (χ0) is 12.1. The van der Waals surface area contributed by atoms with E-state index in [-0.39, 0.29) is 0 Å². The lowest BCUT2D eigenvalue weighted by atomic mass is 10.2. The SMILES string of the molecule is Clc1nc2c(c(N3C4CCC3COC4)n1)CNC2. The topological polar surface area (TPSA) is 50.3 Å². The van der Waals surface area contributed by atoms with Crippen molar-refractivity contribution in [3.05, 3.63) is 16.5 Å². The number of anilines is 1. The molecule has 0 amide bonds. The Hall–Kier alpha value is -0.910. The first kappa shape index (κ1) is 11.0. The van der Waals surface area contributed by atoms with Crippen molar-refractivity contribution in [3.8, 4) is 0 Å². The van der Waals surface area contributed by atoms with Gasteiger partial charge in [-0.1, -0.05) is 0 Å². The molecule has 5 nitrogen and oxygen atoms in total. The van der Waals surface area contributed by atoms with Crippen LogP contribution in [0.4, 0.5) is 5.82 Å². The third kappa shape index (κ3) is 1.54. The Kier molecular flexibility index (Phi) is 2.46. The number of hydrogen-bond acceptors (Lipinski definition) is 5. The van der Waals surface area contributed by atoms with Crippen LogP contribution in [-0.4, -0.2) is 35.3 Å². The van der Waals surface area contributed by atoms with Crippen LogP contribution in [0.5, 0.6) is 0 Å². The molecular weight excluding hydrogens is 252 g/mol. The summed E-state index contributed by atoms with van der Waals surface area (Å²) in [7, 11) is 0. The van der Waals surface area contributed by atoms with E-state index < -0.39 is 0 Å². The molecule has 2 saturated heterocycles. The van der Waals surface area contributed by atoms with Crippen LogP contribution in [0.2, 0.25) is 5.28 Å². The number of halogens is 1. The van der Waals surface area contributed by atoms with Gasteiger partial charge in [-0.15, -0.1) is 0 Å². The van der Waals surface area contributed by atoms with E-state index in [1.54, 1.807) is 0 Å². The van der Waals surface area contributed by atoms with Crippen LogP contribution in [0.25, 0.3) is 0 Å². The third-order valence-corrected chi connectivity index (χ3v) is 4.29. The fourth-order valence-electron chi connectivity index (χ4n) is 3.31. The number of ether oxygens (including phenoxy) is 1. The summed E-state index contributed by atoms with van der Waals surface area (Å²) in [5, 5.41) is 3.68. The standard InChI is InChI=1S/C12H15ClN4O/c13-12-15-10-4-14-3-9(10)11(16-12)17-7-1-2-8(17)6-18-5-7/h7-8,14H,1-6H2. The van der Waals surface area contributed by atoms with E-state index in [2.05, 4.69) is 20.2 Å². The summed E-state index contributed by atoms with van der Waals surface area (Å²) in [6, 6.07) is 0.916. The highest BCUT2D eigenvalue weighted by Gasteiger charge is 2.40. The first-order chi connectivity index (χ1) is 8.83. The van der Waals surface area contributed by atoms with Crippen molar-refractivity contribution >= 4 is 17.4 Å². The van der Waals surface area contributed by atoms with Crippen LogP contribution < -0.4 is 10.2 Å². The van der Waals surface area contributed by atoms with Crippen LogP contribution in [0.15, 0.2) is 0 Å². The highest BCUT2D eigenvalue weighted by molar-refractivity contribution is 6.28. The van der Waals surface area contributed by atoms with Gasteiger partial charge >= 0.3 is 0 Å². The molecule has 18 heavy (non-hydrogen) atoms. The van der Waals surface area contributed by atoms with Gasteiger partial charge in [-0.25, -0.2) is 9.97 Å². The number of fused-ring (bicyclic) bond motifs is 3. The Morgan fingerprint density at radius 1 is 1.17 bits per heavy atom. The van der Waals surface area contributed by atoms with Crippen molar-refractivity contribution in [1.82, 2.24) is 15.3 Å². The molecule has 3 aliphatic heterocycles. The Balaban J connectivity index is 1.81. The molecule has 0 aliphatic carbocycles. The fraction of sp³-hybridized carbons (Fsp3) is 0.667. The summed E-state index contributed by atoms with van der Waals surface area (Å²) in [4.78, 5) is 11.2. The number of nitrogens with one attached hydrogen (secondary N) is 1. The maximum Gasteiger partial charge on any atom is 0.224 e. The van der Waals surface area contributed by atoms with Crippen molar-refractivity contribution in [2.45, 2.75) is 38.0 Å². The van der Waals surface area contributed by atoms with E-state index in [1.807, 2.05) is 0 Å². The predicted octanol–water partition coefficient (Wildman–Crippen LogP) is 1.10. The summed E-state index contributed by atoms with van der Waals surface area (Å²) < 4.78 is 5.62. The zero-order valence-corrected chi connectivity index (χ0v) is 10.8. The van der Waals surface area contributed by atoms with Crippen LogP contribution >= 0.6 is 11.6 Å². The Bertz CT molecular complexity index is 479. The number of rotatable bonds is 1. The first-order valence-corrected chi connectivity index (χ1v) is 6.83. The minimum absolute atomic E-state index is 0.360. The molecule has 6 heteroatoms. The molecule has 3 aliphatic rings. The van der Waals surface area contributed by atoms with E-state index in [1.165, 1.54) is 18.4 Å². The molecule has 0 saturated carbocycles. The molecule has 2 unspecified atom stereocenters. The second-order valence-electron chi connectivity index (χ2n) is 5.17. The molecule has 0 spiro atoms. The lowest BCUT2D eigenvalue weighted by molar-refractivity contribution is 0.0901. The zero-order valence-electron chi connectivity index (χ0n) is 10.0. The molecule has 0 radical (unpaired) electrons. The lowest BCUT2D eigenvalue weighted by Crippen LogP contribution is -2.46. The molecule has 96 valence electrons. The average Bonchev–Trinajstić information content (AvgIpc) is 2.91. The Morgan fingerprint density at radius 2 is 1.94 bits per heavy atom. The number of aromatic nitrogens is 2. The first-order valence-electron chi connectivity index (χ1n) is 6.45. The van der Waals surface area contributed by atoms with Crippen LogP contribution in [-0.2, 0) is 17.8 Å². The fourth-order valence-corrected chi connectivity index (χ4v) is 3.49. The molecule has 2 fully saturated rings. The number of nitrogens with zero attached hydrogens (tertiary/aromatic N) is 3. The second kappa shape index (κ2) is 4.05. The van der Waals surface area contributed by atoms with Gasteiger partial charge in [0.05, 0.1) is 31.0 Å². The van der Waals surface area contributed by atoms with Gasteiger partial charge in [-0.2, -0.15) is 0 Å². The molecule has 1 aromatic heterocycles. The summed E-state index contributed by atoms with van der Waals surface area (Å²) in [6.07, 6.45) is 2.38. The molecular formula is C12H15ClN4O. The van der Waals surface area contributed by atoms with Crippen molar-refractivity contribution in [1.29, 1.82) is 0 Å². The van der Waals surface area contributed by atoms with Gasteiger partial charge in [-0.05, 0) is 24.4 Å². The highest BCUT2D eigenvalue weighted by atomic mass is 35.5. The van der Waals surface area contributed by atoms with Crippen molar-refractivity contribution in [3.63, 3.8) is 0 Å². The van der Waals surface area contributed by atoms with E-state index in [0.29, 0.717) is 17.4 Å². The lowest BCUT2D eigenvalue weighted by Gasteiger charge is -2.36. The van der Waals surface area contributed by atoms with Crippen molar-refractivity contribution in [2.24, 2.45) is 0 Å². The van der Waals surface area contributed by atoms with Crippen LogP contribution in [0.3, 0.4) is 0 Å². The van der Waals surface area contributed by atoms with E-state index in [9.17, 15) is 0 Å². The normalized spacial score (nSPS) is 29.7. The van der Waals surface area contributed by atoms with E-state index in [4.69, 9.17) is 16.3 Å². The van der Waals surface area contributed by atoms with Crippen molar-refractivity contribution < 1.29 is 4.74 Å². The Labute approximate surface area is 110 Å². The smallest absolute Gasteiger partial charge is 0.224 e. The summed E-state index contributed by atoms with van der Waals surface area (Å²) in [5.74, 6) is 1.03. The van der Waals surface area contributed by atoms with Gasteiger partial charge in [0.1, 0.15) is 5.82 Å².